The zero-order chi connectivity index (χ0) is 14.9. The van der Waals surface area contributed by atoms with Crippen molar-refractivity contribution in [3.63, 3.8) is 0 Å². The highest BCUT2D eigenvalue weighted by molar-refractivity contribution is 7.89. The van der Waals surface area contributed by atoms with Gasteiger partial charge in [0.05, 0.1) is 5.69 Å². The lowest BCUT2D eigenvalue weighted by Gasteiger charge is -2.34. The van der Waals surface area contributed by atoms with Gasteiger partial charge in [0.2, 0.25) is 10.0 Å². The van der Waals surface area contributed by atoms with Gasteiger partial charge < -0.3 is 5.73 Å². The van der Waals surface area contributed by atoms with Gasteiger partial charge in [-0.15, -0.1) is 0 Å². The van der Waals surface area contributed by atoms with E-state index >= 15 is 0 Å². The van der Waals surface area contributed by atoms with E-state index in [9.17, 15) is 8.42 Å². The molecule has 3 N–H and O–H groups in total. The number of hydrogen-bond donors (Lipinski definition) is 2. The molecule has 0 radical (unpaired) electrons. The predicted octanol–water partition coefficient (Wildman–Crippen LogP) is 2.68. The van der Waals surface area contributed by atoms with Gasteiger partial charge in [0.25, 0.3) is 0 Å². The summed E-state index contributed by atoms with van der Waals surface area (Å²) in [6.45, 7) is 6.09. The molecule has 112 valence electrons. The second kappa shape index (κ2) is 5.74. The molecule has 1 aromatic rings. The first-order chi connectivity index (χ1) is 9.33. The Hall–Kier alpha value is -1.07. The summed E-state index contributed by atoms with van der Waals surface area (Å²) in [6.07, 6.45) is 3.14. The van der Waals surface area contributed by atoms with Crippen LogP contribution in [0.15, 0.2) is 23.1 Å². The van der Waals surface area contributed by atoms with Crippen LogP contribution in [-0.2, 0) is 10.0 Å². The quantitative estimate of drug-likeness (QED) is 0.842. The molecule has 1 aliphatic carbocycles. The first-order valence-electron chi connectivity index (χ1n) is 7.20. The standard InChI is InChI=1S/C15H24N2O2S/c1-10-6-5-9-14(12(10)3)17-20(18,19)15-11(2)7-4-8-13(15)16/h4,7-8,10,12,14,17H,5-6,9,16H2,1-3H3. The van der Waals surface area contributed by atoms with Crippen LogP contribution < -0.4 is 10.5 Å². The second-order valence-corrected chi connectivity index (χ2v) is 7.64. The topological polar surface area (TPSA) is 72.2 Å². The Bertz CT molecular complexity index is 563. The molecule has 4 nitrogen and oxygen atoms in total. The lowest BCUT2D eigenvalue weighted by atomic mass is 9.78. The lowest BCUT2D eigenvalue weighted by Crippen LogP contribution is -2.43. The Morgan fingerprint density at radius 1 is 1.25 bits per heavy atom. The summed E-state index contributed by atoms with van der Waals surface area (Å²) in [4.78, 5) is 0.227. The van der Waals surface area contributed by atoms with Crippen LogP contribution in [0.2, 0.25) is 0 Å². The van der Waals surface area contributed by atoms with E-state index in [0.717, 1.165) is 12.8 Å². The fraction of sp³-hybridized carbons (Fsp3) is 0.600. The van der Waals surface area contributed by atoms with Gasteiger partial charge in [-0.1, -0.05) is 38.8 Å². The summed E-state index contributed by atoms with van der Waals surface area (Å²) in [5, 5.41) is 0. The molecule has 0 aromatic heterocycles. The van der Waals surface area contributed by atoms with Gasteiger partial charge >= 0.3 is 0 Å². The third kappa shape index (κ3) is 2.99. The molecule has 2 rings (SSSR count). The smallest absolute Gasteiger partial charge is 0.243 e. The molecule has 1 aromatic carbocycles. The Balaban J connectivity index is 2.28. The van der Waals surface area contributed by atoms with Crippen molar-refractivity contribution in [2.45, 2.75) is 51.0 Å². The molecule has 0 spiro atoms. The molecule has 1 aliphatic rings. The fourth-order valence-electron chi connectivity index (χ4n) is 3.05. The second-order valence-electron chi connectivity index (χ2n) is 5.99. The summed E-state index contributed by atoms with van der Waals surface area (Å²) in [7, 11) is -3.55. The van der Waals surface area contributed by atoms with Crippen LogP contribution in [0.3, 0.4) is 0 Å². The number of rotatable bonds is 3. The molecular weight excluding hydrogens is 272 g/mol. The van der Waals surface area contributed by atoms with E-state index < -0.39 is 10.0 Å². The van der Waals surface area contributed by atoms with E-state index in [4.69, 9.17) is 5.73 Å². The Labute approximate surface area is 121 Å². The van der Waals surface area contributed by atoms with Gasteiger partial charge in [0, 0.05) is 6.04 Å². The predicted molar refractivity (Wildman–Crippen MR) is 81.9 cm³/mol. The van der Waals surface area contributed by atoms with E-state index in [-0.39, 0.29) is 10.9 Å². The largest absolute Gasteiger partial charge is 0.398 e. The molecular formula is C15H24N2O2S. The number of nitrogens with one attached hydrogen (secondary N) is 1. The molecule has 5 heteroatoms. The summed E-state index contributed by atoms with van der Waals surface area (Å²) < 4.78 is 28.1. The Kier molecular flexibility index (Phi) is 4.39. The number of aryl methyl sites for hydroxylation is 1. The van der Waals surface area contributed by atoms with Crippen molar-refractivity contribution in [2.75, 3.05) is 5.73 Å². The van der Waals surface area contributed by atoms with Gasteiger partial charge in [-0.2, -0.15) is 0 Å². The maximum atomic E-state index is 12.6. The van der Waals surface area contributed by atoms with Crippen LogP contribution in [0, 0.1) is 18.8 Å². The summed E-state index contributed by atoms with van der Waals surface area (Å²) in [6, 6.07) is 5.18. The number of sulfonamides is 1. The Morgan fingerprint density at radius 3 is 2.60 bits per heavy atom. The number of nitrogen functional groups attached to an aromatic ring is 1. The average molecular weight is 296 g/mol. The molecule has 0 heterocycles. The maximum absolute atomic E-state index is 12.6. The van der Waals surface area contributed by atoms with Crippen LogP contribution in [0.1, 0.15) is 38.7 Å². The van der Waals surface area contributed by atoms with Gasteiger partial charge in [-0.25, -0.2) is 13.1 Å². The normalized spacial score (nSPS) is 27.4. The van der Waals surface area contributed by atoms with Crippen molar-refractivity contribution in [3.8, 4) is 0 Å². The highest BCUT2D eigenvalue weighted by Crippen LogP contribution is 2.31. The molecule has 20 heavy (non-hydrogen) atoms. The van der Waals surface area contributed by atoms with Crippen molar-refractivity contribution in [3.05, 3.63) is 23.8 Å². The minimum absolute atomic E-state index is 0.00255. The highest BCUT2D eigenvalue weighted by atomic mass is 32.2. The first-order valence-corrected chi connectivity index (χ1v) is 8.68. The molecule has 1 fully saturated rings. The number of nitrogens with two attached hydrogens (primary N) is 1. The van der Waals surface area contributed by atoms with Gasteiger partial charge in [0.1, 0.15) is 4.90 Å². The van der Waals surface area contributed by atoms with Gasteiger partial charge in [-0.3, -0.25) is 0 Å². The zero-order valence-electron chi connectivity index (χ0n) is 12.4. The van der Waals surface area contributed by atoms with Crippen LogP contribution in [0.4, 0.5) is 5.69 Å². The van der Waals surface area contributed by atoms with E-state index in [1.807, 2.05) is 0 Å². The highest BCUT2D eigenvalue weighted by Gasteiger charge is 2.31. The van der Waals surface area contributed by atoms with Crippen molar-refractivity contribution < 1.29 is 8.42 Å². The molecule has 0 saturated heterocycles. The number of hydrogen-bond acceptors (Lipinski definition) is 3. The summed E-state index contributed by atoms with van der Waals surface area (Å²) >= 11 is 0. The molecule has 0 amide bonds. The van der Waals surface area contributed by atoms with Crippen LogP contribution in [0.25, 0.3) is 0 Å². The zero-order valence-corrected chi connectivity index (χ0v) is 13.2. The van der Waals surface area contributed by atoms with Crippen LogP contribution >= 0.6 is 0 Å². The van der Waals surface area contributed by atoms with Gasteiger partial charge in [-0.05, 0) is 36.8 Å². The average Bonchev–Trinajstić information content (AvgIpc) is 2.34. The lowest BCUT2D eigenvalue weighted by molar-refractivity contribution is 0.227. The molecule has 0 aliphatic heterocycles. The van der Waals surface area contributed by atoms with Crippen molar-refractivity contribution in [1.82, 2.24) is 4.72 Å². The van der Waals surface area contributed by atoms with E-state index in [0.29, 0.717) is 23.1 Å². The van der Waals surface area contributed by atoms with Crippen molar-refractivity contribution >= 4 is 15.7 Å². The van der Waals surface area contributed by atoms with E-state index in [1.165, 1.54) is 6.42 Å². The van der Waals surface area contributed by atoms with E-state index in [2.05, 4.69) is 18.6 Å². The third-order valence-corrected chi connectivity index (χ3v) is 6.23. The molecule has 0 bridgehead atoms. The third-order valence-electron chi connectivity index (χ3n) is 4.52. The Morgan fingerprint density at radius 2 is 1.95 bits per heavy atom. The summed E-state index contributed by atoms with van der Waals surface area (Å²) in [5.74, 6) is 0.898. The van der Waals surface area contributed by atoms with Gasteiger partial charge in [0.15, 0.2) is 0 Å². The molecule has 3 atom stereocenters. The fourth-order valence-corrected chi connectivity index (χ4v) is 4.77. The minimum Gasteiger partial charge on any atom is -0.398 e. The number of anilines is 1. The molecule has 1 saturated carbocycles. The van der Waals surface area contributed by atoms with Crippen molar-refractivity contribution in [1.29, 1.82) is 0 Å². The van der Waals surface area contributed by atoms with Crippen LogP contribution in [-0.4, -0.2) is 14.5 Å². The number of benzene rings is 1. The van der Waals surface area contributed by atoms with E-state index in [1.54, 1.807) is 25.1 Å². The maximum Gasteiger partial charge on any atom is 0.243 e. The first kappa shape index (κ1) is 15.3. The SMILES string of the molecule is Cc1cccc(N)c1S(=O)(=O)NC1CCCC(C)C1C. The minimum atomic E-state index is -3.55. The monoisotopic (exact) mass is 296 g/mol. The summed E-state index contributed by atoms with van der Waals surface area (Å²) in [5.41, 5.74) is 6.86. The molecule has 3 unspecified atom stereocenters. The van der Waals surface area contributed by atoms with Crippen molar-refractivity contribution in [2.24, 2.45) is 11.8 Å². The van der Waals surface area contributed by atoms with Crippen LogP contribution in [0.5, 0.6) is 0 Å².